The van der Waals surface area contributed by atoms with Gasteiger partial charge in [0.2, 0.25) is 0 Å². The van der Waals surface area contributed by atoms with Crippen molar-refractivity contribution in [2.75, 3.05) is 6.61 Å². The molecule has 13 heavy (non-hydrogen) atoms. The Kier molecular flexibility index (Phi) is 2.71. The number of nitrogens with one attached hydrogen (secondary N) is 1. The molecule has 0 unspecified atom stereocenters. The van der Waals surface area contributed by atoms with Gasteiger partial charge in [0.05, 0.1) is 0 Å². The molecule has 8 heteroatoms. The monoisotopic (exact) mass is 198 g/mol. The van der Waals surface area contributed by atoms with Crippen LogP contribution in [0.15, 0.2) is 9.32 Å². The molecule has 1 aromatic heterocycles. The van der Waals surface area contributed by atoms with E-state index in [4.69, 9.17) is 0 Å². The van der Waals surface area contributed by atoms with Crippen molar-refractivity contribution in [2.24, 2.45) is 0 Å². The summed E-state index contributed by atoms with van der Waals surface area (Å²) in [4.78, 5) is 12.3. The number of hydrogen-bond donors (Lipinski definition) is 1. The molecule has 0 radical (unpaired) electrons. The Morgan fingerprint density at radius 2 is 2.23 bits per heavy atom. The fourth-order valence-electron chi connectivity index (χ4n) is 0.586. The Balaban J connectivity index is 2.32. The molecule has 0 bridgehead atoms. The van der Waals surface area contributed by atoms with E-state index in [1.807, 2.05) is 4.98 Å². The SMILES string of the molecule is O=c1[nH]c(COCC(F)(F)F)no1. The zero-order valence-corrected chi connectivity index (χ0v) is 6.22. The van der Waals surface area contributed by atoms with E-state index >= 15 is 0 Å². The van der Waals surface area contributed by atoms with Crippen LogP contribution in [0.4, 0.5) is 13.2 Å². The molecule has 0 fully saturated rings. The highest BCUT2D eigenvalue weighted by molar-refractivity contribution is 4.73. The number of alkyl halides is 3. The summed E-state index contributed by atoms with van der Waals surface area (Å²) in [7, 11) is 0. The van der Waals surface area contributed by atoms with Gasteiger partial charge < -0.3 is 4.74 Å². The van der Waals surface area contributed by atoms with Gasteiger partial charge in [-0.15, -0.1) is 0 Å². The highest BCUT2D eigenvalue weighted by Gasteiger charge is 2.27. The van der Waals surface area contributed by atoms with E-state index in [0.29, 0.717) is 0 Å². The number of aromatic nitrogens is 2. The van der Waals surface area contributed by atoms with E-state index in [9.17, 15) is 18.0 Å². The summed E-state index contributed by atoms with van der Waals surface area (Å²) in [6.45, 7) is -1.83. The molecule has 0 amide bonds. The molecule has 1 rings (SSSR count). The Morgan fingerprint density at radius 3 is 2.69 bits per heavy atom. The average Bonchev–Trinajstić information content (AvgIpc) is 2.33. The van der Waals surface area contributed by atoms with Crippen molar-refractivity contribution in [2.45, 2.75) is 12.8 Å². The highest BCUT2D eigenvalue weighted by atomic mass is 19.4. The molecule has 1 heterocycles. The van der Waals surface area contributed by atoms with Gasteiger partial charge in [0.25, 0.3) is 0 Å². The molecule has 0 saturated heterocycles. The largest absolute Gasteiger partial charge is 0.438 e. The van der Waals surface area contributed by atoms with E-state index in [0.717, 1.165) is 0 Å². The minimum Gasteiger partial charge on any atom is -0.364 e. The first-order valence-electron chi connectivity index (χ1n) is 3.17. The van der Waals surface area contributed by atoms with Crippen molar-refractivity contribution in [3.63, 3.8) is 0 Å². The molecule has 5 nitrogen and oxygen atoms in total. The second kappa shape index (κ2) is 3.60. The van der Waals surface area contributed by atoms with E-state index in [1.165, 1.54) is 0 Å². The minimum atomic E-state index is -4.38. The fourth-order valence-corrected chi connectivity index (χ4v) is 0.586. The van der Waals surface area contributed by atoms with Crippen LogP contribution in [0.3, 0.4) is 0 Å². The van der Waals surface area contributed by atoms with Crippen molar-refractivity contribution in [1.82, 2.24) is 10.1 Å². The van der Waals surface area contributed by atoms with Crippen LogP contribution < -0.4 is 5.76 Å². The van der Waals surface area contributed by atoms with E-state index < -0.39 is 25.1 Å². The second-order valence-electron chi connectivity index (χ2n) is 2.15. The maximum atomic E-state index is 11.5. The highest BCUT2D eigenvalue weighted by Crippen LogP contribution is 2.14. The maximum Gasteiger partial charge on any atom is 0.438 e. The van der Waals surface area contributed by atoms with Gasteiger partial charge in [-0.3, -0.25) is 9.51 Å². The first kappa shape index (κ1) is 9.78. The van der Waals surface area contributed by atoms with Gasteiger partial charge in [-0.05, 0) is 0 Å². The van der Waals surface area contributed by atoms with Crippen molar-refractivity contribution in [1.29, 1.82) is 0 Å². The molecular formula is C5H5F3N2O3. The van der Waals surface area contributed by atoms with Crippen LogP contribution in [-0.4, -0.2) is 22.9 Å². The molecule has 0 spiro atoms. The van der Waals surface area contributed by atoms with Crippen molar-refractivity contribution < 1.29 is 22.4 Å². The van der Waals surface area contributed by atoms with Crippen LogP contribution in [0.5, 0.6) is 0 Å². The summed E-state index contributed by atoms with van der Waals surface area (Å²) in [5.41, 5.74) is 0. The summed E-state index contributed by atoms with van der Waals surface area (Å²) in [5, 5.41) is 3.10. The van der Waals surface area contributed by atoms with Crippen LogP contribution in [0.2, 0.25) is 0 Å². The summed E-state index contributed by atoms with van der Waals surface area (Å²) in [6.07, 6.45) is -4.38. The van der Waals surface area contributed by atoms with Gasteiger partial charge in [-0.25, -0.2) is 4.79 Å². The van der Waals surface area contributed by atoms with Crippen molar-refractivity contribution in [3.8, 4) is 0 Å². The third-order valence-corrected chi connectivity index (χ3v) is 0.990. The number of halogens is 3. The first-order chi connectivity index (χ1) is 5.97. The molecule has 0 aliphatic rings. The summed E-state index contributed by atoms with van der Waals surface area (Å²) in [6, 6.07) is 0. The van der Waals surface area contributed by atoms with E-state index in [-0.39, 0.29) is 5.82 Å². The van der Waals surface area contributed by atoms with Crippen LogP contribution in [0.25, 0.3) is 0 Å². The molecule has 0 atom stereocenters. The Morgan fingerprint density at radius 1 is 1.54 bits per heavy atom. The Bertz CT molecular complexity index is 315. The minimum absolute atomic E-state index is 0.0748. The topological polar surface area (TPSA) is 68.1 Å². The van der Waals surface area contributed by atoms with Gasteiger partial charge in [0.15, 0.2) is 5.82 Å². The molecule has 0 saturated carbocycles. The number of aromatic amines is 1. The van der Waals surface area contributed by atoms with Crippen molar-refractivity contribution in [3.05, 3.63) is 16.4 Å². The lowest BCUT2D eigenvalue weighted by Crippen LogP contribution is -2.17. The fraction of sp³-hybridized carbons (Fsp3) is 0.600. The molecule has 1 N–H and O–H groups in total. The van der Waals surface area contributed by atoms with Crippen LogP contribution >= 0.6 is 0 Å². The predicted octanol–water partition coefficient (Wildman–Crippen LogP) is 0.442. The molecule has 0 aliphatic carbocycles. The van der Waals surface area contributed by atoms with E-state index in [2.05, 4.69) is 14.4 Å². The van der Waals surface area contributed by atoms with Crippen LogP contribution in [0.1, 0.15) is 5.82 Å². The normalized spacial score (nSPS) is 11.9. The number of ether oxygens (including phenoxy) is 1. The first-order valence-corrected chi connectivity index (χ1v) is 3.17. The Labute approximate surface area is 69.5 Å². The number of rotatable bonds is 3. The van der Waals surface area contributed by atoms with Gasteiger partial charge in [-0.2, -0.15) is 13.2 Å². The number of nitrogens with zero attached hydrogens (tertiary/aromatic N) is 1. The standard InChI is InChI=1S/C5H5F3N2O3/c6-5(7,8)2-12-1-3-9-4(11)13-10-3/h1-2H2,(H,9,10,11). The molecule has 1 aromatic rings. The summed E-state index contributed by atoms with van der Waals surface area (Å²) < 4.78 is 42.8. The molecule has 0 aliphatic heterocycles. The Hall–Kier alpha value is -1.31. The predicted molar refractivity (Wildman–Crippen MR) is 32.8 cm³/mol. The maximum absolute atomic E-state index is 11.5. The third-order valence-electron chi connectivity index (χ3n) is 0.990. The molecule has 74 valence electrons. The lowest BCUT2D eigenvalue weighted by molar-refractivity contribution is -0.177. The van der Waals surface area contributed by atoms with Crippen LogP contribution in [-0.2, 0) is 11.3 Å². The van der Waals surface area contributed by atoms with E-state index in [1.54, 1.807) is 0 Å². The zero-order valence-electron chi connectivity index (χ0n) is 6.22. The second-order valence-corrected chi connectivity index (χ2v) is 2.15. The van der Waals surface area contributed by atoms with Gasteiger partial charge >= 0.3 is 11.9 Å². The van der Waals surface area contributed by atoms with Crippen molar-refractivity contribution >= 4 is 0 Å². The van der Waals surface area contributed by atoms with Crippen LogP contribution in [0, 0.1) is 0 Å². The summed E-state index contributed by atoms with van der Waals surface area (Å²) >= 11 is 0. The van der Waals surface area contributed by atoms with Gasteiger partial charge in [-0.1, -0.05) is 5.16 Å². The molecule has 0 aromatic carbocycles. The summed E-state index contributed by atoms with van der Waals surface area (Å²) in [5.74, 6) is -0.903. The zero-order chi connectivity index (χ0) is 9.90. The lowest BCUT2D eigenvalue weighted by atomic mass is 10.6. The smallest absolute Gasteiger partial charge is 0.364 e. The quantitative estimate of drug-likeness (QED) is 0.765. The number of H-pyrrole nitrogens is 1. The molecular weight excluding hydrogens is 193 g/mol. The van der Waals surface area contributed by atoms with Gasteiger partial charge in [0, 0.05) is 0 Å². The van der Waals surface area contributed by atoms with Gasteiger partial charge in [0.1, 0.15) is 13.2 Å². The lowest BCUT2D eigenvalue weighted by Gasteiger charge is -2.04. The third kappa shape index (κ3) is 3.74. The average molecular weight is 198 g/mol. The number of hydrogen-bond acceptors (Lipinski definition) is 4.